The zero-order valence-electron chi connectivity index (χ0n) is 11.0. The van der Waals surface area contributed by atoms with E-state index in [1.165, 1.54) is 20.2 Å². The molecule has 0 bridgehead atoms. The molecule has 0 saturated heterocycles. The third-order valence-electron chi connectivity index (χ3n) is 3.26. The smallest absolute Gasteiger partial charge is 0.250 e. The number of hydroxylamine groups is 2. The normalized spacial score (nSPS) is 14.2. The van der Waals surface area contributed by atoms with Crippen LogP contribution in [-0.2, 0) is 16.1 Å². The van der Waals surface area contributed by atoms with Gasteiger partial charge in [-0.25, -0.2) is 5.06 Å². The van der Waals surface area contributed by atoms with Gasteiger partial charge < -0.3 is 5.11 Å². The predicted octanol–water partition coefficient (Wildman–Crippen LogP) is 1.55. The van der Waals surface area contributed by atoms with Gasteiger partial charge >= 0.3 is 0 Å². The Morgan fingerprint density at radius 3 is 2.63 bits per heavy atom. The van der Waals surface area contributed by atoms with Gasteiger partial charge in [0.25, 0.3) is 0 Å². The molecule has 19 heavy (non-hydrogen) atoms. The maximum atomic E-state index is 11.9. The van der Waals surface area contributed by atoms with Crippen LogP contribution < -0.4 is 0 Å². The van der Waals surface area contributed by atoms with E-state index in [1.807, 2.05) is 0 Å². The van der Waals surface area contributed by atoms with E-state index in [4.69, 9.17) is 4.84 Å². The van der Waals surface area contributed by atoms with Crippen LogP contribution in [0.4, 0.5) is 0 Å². The fourth-order valence-corrected chi connectivity index (χ4v) is 1.85. The molecule has 1 saturated carbocycles. The molecule has 1 aliphatic carbocycles. The van der Waals surface area contributed by atoms with E-state index in [1.54, 1.807) is 12.1 Å². The third-order valence-corrected chi connectivity index (χ3v) is 3.26. The molecular formula is C14H17NO4. The van der Waals surface area contributed by atoms with Crippen LogP contribution in [0.1, 0.15) is 28.8 Å². The second-order valence-corrected chi connectivity index (χ2v) is 4.74. The van der Waals surface area contributed by atoms with Crippen molar-refractivity contribution in [3.63, 3.8) is 0 Å². The van der Waals surface area contributed by atoms with Gasteiger partial charge in [0, 0.05) is 13.0 Å². The second-order valence-electron chi connectivity index (χ2n) is 4.74. The number of nitrogens with zero attached hydrogens (tertiary/aromatic N) is 1. The molecule has 0 radical (unpaired) electrons. The molecule has 0 aromatic heterocycles. The molecule has 1 N–H and O–H groups in total. The van der Waals surface area contributed by atoms with Gasteiger partial charge in [-0.05, 0) is 30.5 Å². The Hall–Kier alpha value is -1.88. The number of Topliss-reactive ketones (excluding diaryl/α,β-unsaturated/α-hetero) is 1. The quantitative estimate of drug-likeness (QED) is 0.646. The van der Waals surface area contributed by atoms with Crippen molar-refractivity contribution in [1.29, 1.82) is 0 Å². The standard InChI is InChI=1S/C14H17NO4/c1-15(19-2)13(17)8-9-3-6-11(12(16)7-9)14(18)10-4-5-10/h3,6-7,10,16H,4-5,8H2,1-2H3. The minimum Gasteiger partial charge on any atom is -0.507 e. The zero-order valence-corrected chi connectivity index (χ0v) is 11.0. The molecule has 102 valence electrons. The van der Waals surface area contributed by atoms with Crippen molar-refractivity contribution in [3.05, 3.63) is 29.3 Å². The van der Waals surface area contributed by atoms with Crippen molar-refractivity contribution in [2.24, 2.45) is 5.92 Å². The molecule has 0 spiro atoms. The molecule has 1 aromatic rings. The number of rotatable bonds is 5. The molecule has 0 aliphatic heterocycles. The first-order valence-electron chi connectivity index (χ1n) is 6.19. The minimum absolute atomic E-state index is 0.00983. The van der Waals surface area contributed by atoms with Gasteiger partial charge in [-0.15, -0.1) is 0 Å². The van der Waals surface area contributed by atoms with E-state index in [-0.39, 0.29) is 29.8 Å². The van der Waals surface area contributed by atoms with E-state index in [0.717, 1.165) is 17.9 Å². The Morgan fingerprint density at radius 1 is 1.42 bits per heavy atom. The molecular weight excluding hydrogens is 246 g/mol. The van der Waals surface area contributed by atoms with E-state index >= 15 is 0 Å². The van der Waals surface area contributed by atoms with Crippen molar-refractivity contribution in [1.82, 2.24) is 5.06 Å². The van der Waals surface area contributed by atoms with E-state index in [0.29, 0.717) is 11.1 Å². The fourth-order valence-electron chi connectivity index (χ4n) is 1.85. The first-order chi connectivity index (χ1) is 9.02. The highest BCUT2D eigenvalue weighted by Crippen LogP contribution is 2.35. The summed E-state index contributed by atoms with van der Waals surface area (Å²) in [6.07, 6.45) is 1.92. The molecule has 0 atom stereocenters. The van der Waals surface area contributed by atoms with Gasteiger partial charge in [0.05, 0.1) is 19.1 Å². The molecule has 5 nitrogen and oxygen atoms in total. The number of carbonyl (C=O) groups excluding carboxylic acids is 2. The first kappa shape index (κ1) is 13.5. The molecule has 2 rings (SSSR count). The Kier molecular flexibility index (Phi) is 3.85. The van der Waals surface area contributed by atoms with Crippen LogP contribution in [0.2, 0.25) is 0 Å². The van der Waals surface area contributed by atoms with Crippen LogP contribution in [-0.4, -0.2) is 36.0 Å². The summed E-state index contributed by atoms with van der Waals surface area (Å²) in [5.41, 5.74) is 0.998. The zero-order chi connectivity index (χ0) is 14.0. The van der Waals surface area contributed by atoms with Crippen molar-refractivity contribution in [2.45, 2.75) is 19.3 Å². The lowest BCUT2D eigenvalue weighted by molar-refractivity contribution is -0.167. The van der Waals surface area contributed by atoms with E-state index < -0.39 is 0 Å². The Balaban J connectivity index is 2.10. The van der Waals surface area contributed by atoms with Gasteiger partial charge in [-0.2, -0.15) is 0 Å². The number of ketones is 1. The maximum Gasteiger partial charge on any atom is 0.250 e. The third kappa shape index (κ3) is 3.12. The van der Waals surface area contributed by atoms with Crippen LogP contribution in [0, 0.1) is 5.92 Å². The van der Waals surface area contributed by atoms with Crippen LogP contribution in [0.25, 0.3) is 0 Å². The fraction of sp³-hybridized carbons (Fsp3) is 0.429. The average Bonchev–Trinajstić information content (AvgIpc) is 3.21. The topological polar surface area (TPSA) is 66.8 Å². The second kappa shape index (κ2) is 5.40. The van der Waals surface area contributed by atoms with Gasteiger partial charge in [0.2, 0.25) is 5.91 Å². The highest BCUT2D eigenvalue weighted by molar-refractivity contribution is 6.01. The maximum absolute atomic E-state index is 11.9. The summed E-state index contributed by atoms with van der Waals surface area (Å²) in [7, 11) is 2.93. The Bertz CT molecular complexity index is 508. The van der Waals surface area contributed by atoms with Crippen molar-refractivity contribution in [2.75, 3.05) is 14.2 Å². The summed E-state index contributed by atoms with van der Waals surface area (Å²) in [6.45, 7) is 0. The first-order valence-corrected chi connectivity index (χ1v) is 6.19. The van der Waals surface area contributed by atoms with Crippen LogP contribution in [0.5, 0.6) is 5.75 Å². The van der Waals surface area contributed by atoms with E-state index in [2.05, 4.69) is 0 Å². The van der Waals surface area contributed by atoms with Gasteiger partial charge in [0.1, 0.15) is 5.75 Å². The SMILES string of the molecule is CON(C)C(=O)Cc1ccc(C(=O)C2CC2)c(O)c1. The van der Waals surface area contributed by atoms with Crippen LogP contribution >= 0.6 is 0 Å². The van der Waals surface area contributed by atoms with Crippen LogP contribution in [0.15, 0.2) is 18.2 Å². The summed E-state index contributed by atoms with van der Waals surface area (Å²) < 4.78 is 0. The monoisotopic (exact) mass is 263 g/mol. The number of carbonyl (C=O) groups is 2. The number of amides is 1. The van der Waals surface area contributed by atoms with Crippen molar-refractivity contribution in [3.8, 4) is 5.75 Å². The number of benzene rings is 1. The van der Waals surface area contributed by atoms with Crippen molar-refractivity contribution < 1.29 is 19.5 Å². The number of phenols is 1. The largest absolute Gasteiger partial charge is 0.507 e. The summed E-state index contributed by atoms with van der Waals surface area (Å²) in [5.74, 6) is -0.215. The lowest BCUT2D eigenvalue weighted by Crippen LogP contribution is -2.26. The van der Waals surface area contributed by atoms with Crippen LogP contribution in [0.3, 0.4) is 0 Å². The number of hydrogen-bond donors (Lipinski definition) is 1. The molecule has 1 aromatic carbocycles. The molecule has 5 heteroatoms. The van der Waals surface area contributed by atoms with Crippen molar-refractivity contribution >= 4 is 11.7 Å². The average molecular weight is 263 g/mol. The summed E-state index contributed by atoms with van der Waals surface area (Å²) in [4.78, 5) is 28.3. The summed E-state index contributed by atoms with van der Waals surface area (Å²) in [6, 6.07) is 4.75. The Labute approximate surface area is 111 Å². The van der Waals surface area contributed by atoms with E-state index in [9.17, 15) is 14.7 Å². The molecule has 1 amide bonds. The number of hydrogen-bond acceptors (Lipinski definition) is 4. The van der Waals surface area contributed by atoms with Gasteiger partial charge in [-0.1, -0.05) is 6.07 Å². The summed E-state index contributed by atoms with van der Waals surface area (Å²) in [5, 5.41) is 11.0. The van der Waals surface area contributed by atoms with Gasteiger partial charge in [0.15, 0.2) is 5.78 Å². The predicted molar refractivity (Wildman–Crippen MR) is 68.6 cm³/mol. The lowest BCUT2D eigenvalue weighted by Gasteiger charge is -2.13. The molecule has 1 fully saturated rings. The molecule has 0 unspecified atom stereocenters. The summed E-state index contributed by atoms with van der Waals surface area (Å²) >= 11 is 0. The minimum atomic E-state index is -0.219. The highest BCUT2D eigenvalue weighted by atomic mass is 16.7. The molecule has 1 aliphatic rings. The highest BCUT2D eigenvalue weighted by Gasteiger charge is 2.31. The number of phenolic OH excluding ortho intramolecular Hbond substituents is 1. The Morgan fingerprint density at radius 2 is 2.11 bits per heavy atom. The lowest BCUT2D eigenvalue weighted by atomic mass is 10.0. The van der Waals surface area contributed by atoms with Gasteiger partial charge in [-0.3, -0.25) is 14.4 Å². The number of likely N-dealkylation sites (N-methyl/N-ethyl adjacent to an activating group) is 1. The number of aromatic hydroxyl groups is 1. The molecule has 0 heterocycles.